The number of rotatable bonds is 17. The molecule has 7 N–H and O–H groups in total. The number of carbonyl (C=O) groups is 7. The summed E-state index contributed by atoms with van der Waals surface area (Å²) in [6.07, 6.45) is -0.918. The number of carboxylic acids is 1. The van der Waals surface area contributed by atoms with Crippen LogP contribution in [0.2, 0.25) is 0 Å². The van der Waals surface area contributed by atoms with Gasteiger partial charge in [0.15, 0.2) is 29.1 Å². The Balaban J connectivity index is 0.936. The van der Waals surface area contributed by atoms with Gasteiger partial charge in [0.2, 0.25) is 23.6 Å². The molecule has 4 fully saturated rings. The molecule has 2 aromatic carbocycles. The Morgan fingerprint density at radius 3 is 2.16 bits per heavy atom. The SMILES string of the molecule is CSC(CC(=O)O)C(=O)NCCC(=O)N[C@@H](C)C(=O)N[C@@H](C)C(=O)Nc1ccc([C@H](C)c2ccc([C@@H]3O[C@@H]4C[C@H]5[C@@H]6C[C@H](F)C7=CC(=O)C=C[C@]7(C)[C@@]6(F)[C@@H](O)C[C@]5(C)[C@]4(C(=O)CO)O3)cc2)cc1. The molecule has 7 rings (SSSR count). The molecule has 1 heterocycles. The average Bonchev–Trinajstić information content (AvgIpc) is 3.82. The number of ketones is 2. The third-order valence-electron chi connectivity index (χ3n) is 15.4. The summed E-state index contributed by atoms with van der Waals surface area (Å²) >= 11 is 1.08. The fourth-order valence-corrected chi connectivity index (χ4v) is 12.2. The second-order valence-electron chi connectivity index (χ2n) is 19.4. The van der Waals surface area contributed by atoms with Crippen molar-refractivity contribution in [2.75, 3.05) is 24.7 Å². The van der Waals surface area contributed by atoms with E-state index in [-0.39, 0.29) is 50.1 Å². The van der Waals surface area contributed by atoms with Gasteiger partial charge in [-0.25, -0.2) is 8.78 Å². The summed E-state index contributed by atoms with van der Waals surface area (Å²) in [4.78, 5) is 87.5. The van der Waals surface area contributed by atoms with E-state index >= 15 is 8.78 Å². The number of hydrogen-bond acceptors (Lipinski definition) is 12. The lowest BCUT2D eigenvalue weighted by molar-refractivity contribution is -0.235. The molecule has 2 aromatic rings. The van der Waals surface area contributed by atoms with E-state index in [1.165, 1.54) is 32.9 Å². The number of halogens is 2. The second kappa shape index (κ2) is 19.8. The number of nitrogens with one attached hydrogen (secondary N) is 4. The first-order chi connectivity index (χ1) is 32.5. The van der Waals surface area contributed by atoms with Gasteiger partial charge in [-0.05, 0) is 93.2 Å². The van der Waals surface area contributed by atoms with E-state index in [0.29, 0.717) is 11.3 Å². The van der Waals surface area contributed by atoms with Crippen molar-refractivity contribution in [2.24, 2.45) is 22.7 Å². The van der Waals surface area contributed by atoms with Crippen LogP contribution in [0.4, 0.5) is 14.5 Å². The zero-order valence-corrected chi connectivity index (χ0v) is 40.1. The smallest absolute Gasteiger partial charge is 0.305 e. The number of carboxylic acid groups (broad SMARTS) is 1. The molecule has 372 valence electrons. The molecule has 14 atom stereocenters. The number of thioether (sulfide) groups is 1. The molecule has 69 heavy (non-hydrogen) atoms. The number of carbonyl (C=O) groups excluding carboxylic acids is 6. The summed E-state index contributed by atoms with van der Waals surface area (Å²) in [7, 11) is 0. The number of hydrogen-bond donors (Lipinski definition) is 7. The maximum absolute atomic E-state index is 17.8. The van der Waals surface area contributed by atoms with Gasteiger partial charge in [0.1, 0.15) is 24.9 Å². The summed E-state index contributed by atoms with van der Waals surface area (Å²) in [5, 5.41) is 40.7. The summed E-state index contributed by atoms with van der Waals surface area (Å²) in [5.41, 5.74) is -4.09. The molecule has 1 unspecified atom stereocenters. The molecular weight excluding hydrogens is 919 g/mol. The van der Waals surface area contributed by atoms with E-state index in [1.54, 1.807) is 37.4 Å². The molecule has 16 nitrogen and oxygen atoms in total. The van der Waals surface area contributed by atoms with Gasteiger partial charge < -0.3 is 46.1 Å². The standard InChI is InChI=1S/C50H60F2N4O12S/c1-25(29-11-13-31(14-12-29)56-44(65)27(3)55-43(64)26(2)54-41(61)16-18-53-45(66)37(69-6)22-42(62)63)28-7-9-30(10-8-28)46-67-40-21-33-34-20-36(51)35-19-32(58)15-17-47(35,4)49(34,52)38(59)23-48(33,5)50(40,68-46)39(60)24-57/h7-15,17,19,25-27,33-34,36-38,40,46,57,59H,16,18,20-24H2,1-6H3,(H,53,66)(H,54,61)(H,55,64)(H,56,65)(H,62,63)/t25-,26+,27+,33+,34+,36+,37?,38+,40-,46-,47+,48+,49+,50-/m1/s1. The van der Waals surface area contributed by atoms with Crippen LogP contribution in [0.1, 0.15) is 95.6 Å². The van der Waals surface area contributed by atoms with E-state index in [0.717, 1.165) is 29.0 Å². The number of aliphatic hydroxyl groups excluding tert-OH is 2. The average molecular weight is 979 g/mol. The summed E-state index contributed by atoms with van der Waals surface area (Å²) < 4.78 is 46.9. The minimum atomic E-state index is -2.36. The molecule has 4 amide bonds. The predicted molar refractivity (Wildman–Crippen MR) is 249 cm³/mol. The molecule has 5 aliphatic rings. The normalized spacial score (nSPS) is 32.7. The highest BCUT2D eigenvalue weighted by Crippen LogP contribution is 2.72. The number of aliphatic carboxylic acids is 1. The highest BCUT2D eigenvalue weighted by Gasteiger charge is 2.80. The lowest BCUT2D eigenvalue weighted by Crippen LogP contribution is -2.70. The van der Waals surface area contributed by atoms with Crippen molar-refractivity contribution in [1.82, 2.24) is 16.0 Å². The van der Waals surface area contributed by atoms with Crippen LogP contribution >= 0.6 is 11.8 Å². The molecule has 0 spiro atoms. The minimum absolute atomic E-state index is 0.00256. The number of fused-ring (bicyclic) bond motifs is 7. The molecule has 3 saturated carbocycles. The Hall–Kier alpha value is -5.34. The van der Waals surface area contributed by atoms with Gasteiger partial charge in [-0.2, -0.15) is 11.8 Å². The number of ether oxygens (including phenoxy) is 2. The number of allylic oxidation sites excluding steroid dienone is 4. The van der Waals surface area contributed by atoms with Crippen molar-refractivity contribution < 1.29 is 67.1 Å². The van der Waals surface area contributed by atoms with E-state index < -0.39 is 124 Å². The van der Waals surface area contributed by atoms with E-state index in [9.17, 15) is 43.8 Å². The van der Waals surface area contributed by atoms with E-state index in [4.69, 9.17) is 14.6 Å². The first-order valence-electron chi connectivity index (χ1n) is 23.1. The summed E-state index contributed by atoms with van der Waals surface area (Å²) in [6.45, 7) is 7.23. The van der Waals surface area contributed by atoms with Crippen LogP contribution in [0.25, 0.3) is 0 Å². The van der Waals surface area contributed by atoms with Gasteiger partial charge in [-0.15, -0.1) is 0 Å². The van der Waals surface area contributed by atoms with E-state index in [2.05, 4.69) is 21.3 Å². The Labute approximate surface area is 402 Å². The first-order valence-corrected chi connectivity index (χ1v) is 24.4. The van der Waals surface area contributed by atoms with Crippen molar-refractivity contribution in [1.29, 1.82) is 0 Å². The van der Waals surface area contributed by atoms with Crippen molar-refractivity contribution in [3.8, 4) is 0 Å². The molecule has 1 saturated heterocycles. The highest BCUT2D eigenvalue weighted by atomic mass is 32.2. The number of Topliss-reactive ketones (excluding diaryl/α,β-unsaturated/α-hetero) is 1. The van der Waals surface area contributed by atoms with Gasteiger partial charge in [0.25, 0.3) is 0 Å². The lowest BCUT2D eigenvalue weighted by Gasteiger charge is -2.63. The Bertz CT molecular complexity index is 2440. The van der Waals surface area contributed by atoms with Crippen LogP contribution in [-0.2, 0) is 43.0 Å². The van der Waals surface area contributed by atoms with Crippen LogP contribution in [-0.4, -0.2) is 123 Å². The number of alkyl halides is 2. The van der Waals surface area contributed by atoms with Crippen LogP contribution in [0.5, 0.6) is 0 Å². The zero-order chi connectivity index (χ0) is 50.4. The lowest BCUT2D eigenvalue weighted by atomic mass is 9.44. The van der Waals surface area contributed by atoms with Crippen LogP contribution < -0.4 is 21.3 Å². The largest absolute Gasteiger partial charge is 0.481 e. The van der Waals surface area contributed by atoms with Gasteiger partial charge >= 0.3 is 5.97 Å². The van der Waals surface area contributed by atoms with Gasteiger partial charge in [0.05, 0.1) is 23.9 Å². The predicted octanol–water partition coefficient (Wildman–Crippen LogP) is 4.14. The Kier molecular flexibility index (Phi) is 14.8. The molecule has 19 heteroatoms. The molecule has 0 bridgehead atoms. The number of aliphatic hydroxyl groups is 2. The van der Waals surface area contributed by atoms with Crippen molar-refractivity contribution >= 4 is 58.6 Å². The number of anilines is 1. The summed E-state index contributed by atoms with van der Waals surface area (Å²) in [5.74, 6) is -6.24. The number of amides is 4. The molecular formula is C50H60F2N4O12S. The molecule has 4 aliphatic carbocycles. The van der Waals surface area contributed by atoms with Gasteiger partial charge in [0, 0.05) is 46.9 Å². The van der Waals surface area contributed by atoms with Crippen molar-refractivity contribution in [3.05, 3.63) is 89.0 Å². The second-order valence-corrected chi connectivity index (χ2v) is 20.4. The fourth-order valence-electron chi connectivity index (χ4n) is 11.6. The zero-order valence-electron chi connectivity index (χ0n) is 39.3. The number of benzene rings is 2. The quantitative estimate of drug-likeness (QED) is 0.118. The highest BCUT2D eigenvalue weighted by molar-refractivity contribution is 7.99. The minimum Gasteiger partial charge on any atom is -0.481 e. The van der Waals surface area contributed by atoms with Crippen molar-refractivity contribution in [3.63, 3.8) is 0 Å². The maximum atomic E-state index is 17.8. The van der Waals surface area contributed by atoms with Crippen molar-refractivity contribution in [2.45, 2.75) is 126 Å². The third kappa shape index (κ3) is 9.16. The molecule has 1 aliphatic heterocycles. The molecule has 0 aromatic heterocycles. The monoisotopic (exact) mass is 978 g/mol. The van der Waals surface area contributed by atoms with Gasteiger partial charge in [-0.1, -0.05) is 56.3 Å². The third-order valence-corrected chi connectivity index (χ3v) is 16.4. The van der Waals surface area contributed by atoms with Crippen LogP contribution in [0, 0.1) is 22.7 Å². The Morgan fingerprint density at radius 2 is 1.54 bits per heavy atom. The van der Waals surface area contributed by atoms with E-state index in [1.807, 2.05) is 31.2 Å². The summed E-state index contributed by atoms with van der Waals surface area (Å²) in [6, 6.07) is 12.6. The first kappa shape index (κ1) is 51.5. The Morgan fingerprint density at radius 1 is 0.899 bits per heavy atom. The maximum Gasteiger partial charge on any atom is 0.305 e. The van der Waals surface area contributed by atoms with Gasteiger partial charge in [-0.3, -0.25) is 33.6 Å². The van der Waals surface area contributed by atoms with Crippen LogP contribution in [0.3, 0.4) is 0 Å². The fraction of sp³-hybridized carbons (Fsp3) is 0.540. The van der Waals surface area contributed by atoms with Crippen LogP contribution in [0.15, 0.2) is 72.3 Å². The molecule has 0 radical (unpaired) electrons. The topological polar surface area (TPSA) is 247 Å².